The summed E-state index contributed by atoms with van der Waals surface area (Å²) in [5.41, 5.74) is 2.43. The first kappa shape index (κ1) is 23.6. The molecule has 9 nitrogen and oxygen atoms in total. The smallest absolute Gasteiger partial charge is 0.412 e. The van der Waals surface area contributed by atoms with E-state index in [2.05, 4.69) is 5.32 Å². The molecule has 0 spiro atoms. The Morgan fingerprint density at radius 2 is 1.79 bits per heavy atom. The van der Waals surface area contributed by atoms with Crippen molar-refractivity contribution in [3.05, 3.63) is 78.4 Å². The fraction of sp³-hybridized carbons (Fsp3) is 0.167. The zero-order chi connectivity index (χ0) is 23.8. The van der Waals surface area contributed by atoms with Crippen LogP contribution in [0.4, 0.5) is 10.5 Å². The summed E-state index contributed by atoms with van der Waals surface area (Å²) in [5.74, 6) is -0.708. The fourth-order valence-electron chi connectivity index (χ4n) is 3.32. The number of nitrogens with one attached hydrogen (secondary N) is 2. The molecule has 0 saturated heterocycles. The van der Waals surface area contributed by atoms with Gasteiger partial charge in [-0.25, -0.2) is 10.3 Å². The quantitative estimate of drug-likeness (QED) is 0.232. The predicted molar refractivity (Wildman–Crippen MR) is 121 cm³/mol. The van der Waals surface area contributed by atoms with Gasteiger partial charge in [0.2, 0.25) is 0 Å². The third-order valence-corrected chi connectivity index (χ3v) is 4.91. The number of hydroxylamine groups is 1. The minimum atomic E-state index is -1.05. The maximum absolute atomic E-state index is 12.8. The Balaban J connectivity index is 1.91. The molecule has 3 rings (SSSR count). The molecule has 0 bridgehead atoms. The van der Waals surface area contributed by atoms with Crippen LogP contribution in [0.3, 0.4) is 0 Å². The van der Waals surface area contributed by atoms with Gasteiger partial charge in [-0.1, -0.05) is 42.5 Å². The molecule has 2 amide bonds. The van der Waals surface area contributed by atoms with Gasteiger partial charge in [0.1, 0.15) is 6.10 Å². The molecule has 0 radical (unpaired) electrons. The van der Waals surface area contributed by atoms with E-state index in [0.29, 0.717) is 11.3 Å². The average Bonchev–Trinajstić information content (AvgIpc) is 2.83. The minimum Gasteiger partial charge on any atom is -0.504 e. The van der Waals surface area contributed by atoms with Gasteiger partial charge in [0.25, 0.3) is 5.91 Å². The number of phenolic OH excluding ortho intramolecular Hbond substituents is 1. The van der Waals surface area contributed by atoms with Crippen LogP contribution in [0.25, 0.3) is 10.8 Å². The fourth-order valence-corrected chi connectivity index (χ4v) is 3.32. The molecule has 0 heterocycles. The van der Waals surface area contributed by atoms with E-state index in [1.807, 2.05) is 36.4 Å². The van der Waals surface area contributed by atoms with Crippen LogP contribution in [-0.2, 0) is 14.3 Å². The number of carbonyl (C=O) groups excluding carboxylic acids is 2. The van der Waals surface area contributed by atoms with Crippen molar-refractivity contribution in [2.75, 3.05) is 19.5 Å². The van der Waals surface area contributed by atoms with E-state index in [9.17, 15) is 14.7 Å². The molecular formula is C24H24N2O7. The number of hydrogen-bond acceptors (Lipinski definition) is 7. The van der Waals surface area contributed by atoms with E-state index in [1.165, 1.54) is 37.9 Å². The van der Waals surface area contributed by atoms with Gasteiger partial charge in [-0.15, -0.1) is 0 Å². The van der Waals surface area contributed by atoms with Crippen molar-refractivity contribution >= 4 is 28.5 Å². The molecule has 0 aliphatic carbocycles. The first-order chi connectivity index (χ1) is 16.0. The summed E-state index contributed by atoms with van der Waals surface area (Å²) in [4.78, 5) is 24.3. The Kier molecular flexibility index (Phi) is 7.85. The SMILES string of the molecule is COc1ccc([C@H](OC(=O)Nc2cccc3ccccc23)[C@H](/C=C/C(=O)NO)OC)cc1O. The maximum Gasteiger partial charge on any atom is 0.412 e. The molecule has 0 aliphatic heterocycles. The Hall–Kier alpha value is -4.08. The largest absolute Gasteiger partial charge is 0.504 e. The second-order valence-electron chi connectivity index (χ2n) is 6.94. The zero-order valence-corrected chi connectivity index (χ0v) is 18.0. The number of aromatic hydroxyl groups is 1. The van der Waals surface area contributed by atoms with E-state index in [0.717, 1.165) is 16.8 Å². The molecule has 4 N–H and O–H groups in total. The summed E-state index contributed by atoms with van der Waals surface area (Å²) in [6.45, 7) is 0. The Morgan fingerprint density at radius 1 is 1.03 bits per heavy atom. The standard InChI is InChI=1S/C24H24N2O7/c1-31-20-11-10-16(14-19(20)27)23(21(32-2)12-13-22(28)26-30)33-24(29)25-18-9-5-7-15-6-3-4-8-17(15)18/h3-14,21,23,27,30H,1-2H3,(H,25,29)(H,26,28)/b13-12+/t21-,23-/m0/s1. The lowest BCUT2D eigenvalue weighted by Crippen LogP contribution is -2.27. The van der Waals surface area contributed by atoms with Gasteiger partial charge in [0.15, 0.2) is 17.6 Å². The van der Waals surface area contributed by atoms with Gasteiger partial charge in [-0.3, -0.25) is 15.3 Å². The molecule has 0 saturated carbocycles. The van der Waals surface area contributed by atoms with Crippen LogP contribution in [0.1, 0.15) is 11.7 Å². The number of phenols is 1. The van der Waals surface area contributed by atoms with Crippen molar-refractivity contribution in [2.45, 2.75) is 12.2 Å². The number of ether oxygens (including phenoxy) is 3. The van der Waals surface area contributed by atoms with Crippen LogP contribution in [0.5, 0.6) is 11.5 Å². The molecule has 0 fully saturated rings. The van der Waals surface area contributed by atoms with Crippen molar-refractivity contribution in [1.82, 2.24) is 5.48 Å². The van der Waals surface area contributed by atoms with Crippen molar-refractivity contribution in [3.63, 3.8) is 0 Å². The van der Waals surface area contributed by atoms with E-state index in [1.54, 1.807) is 12.1 Å². The Labute approximate surface area is 190 Å². The average molecular weight is 452 g/mol. The third kappa shape index (κ3) is 5.79. The van der Waals surface area contributed by atoms with Gasteiger partial charge in [0.05, 0.1) is 12.8 Å². The molecular weight excluding hydrogens is 428 g/mol. The molecule has 3 aromatic rings. The van der Waals surface area contributed by atoms with Crippen molar-refractivity contribution in [1.29, 1.82) is 0 Å². The van der Waals surface area contributed by atoms with Crippen molar-refractivity contribution in [3.8, 4) is 11.5 Å². The predicted octanol–water partition coefficient (Wildman–Crippen LogP) is 3.92. The van der Waals surface area contributed by atoms with E-state index in [-0.39, 0.29) is 11.5 Å². The van der Waals surface area contributed by atoms with E-state index in [4.69, 9.17) is 19.4 Å². The molecule has 33 heavy (non-hydrogen) atoms. The van der Waals surface area contributed by atoms with Gasteiger partial charge in [-0.05, 0) is 35.2 Å². The third-order valence-electron chi connectivity index (χ3n) is 4.91. The van der Waals surface area contributed by atoms with Crippen molar-refractivity contribution in [2.24, 2.45) is 0 Å². The summed E-state index contributed by atoms with van der Waals surface area (Å²) in [6, 6.07) is 17.5. The molecule has 0 aromatic heterocycles. The second kappa shape index (κ2) is 11.0. The van der Waals surface area contributed by atoms with Crippen LogP contribution >= 0.6 is 0 Å². The molecule has 3 aromatic carbocycles. The normalized spacial score (nSPS) is 12.8. The highest BCUT2D eigenvalue weighted by atomic mass is 16.6. The highest BCUT2D eigenvalue weighted by Gasteiger charge is 2.27. The van der Waals surface area contributed by atoms with E-state index >= 15 is 0 Å². The van der Waals surface area contributed by atoms with Crippen LogP contribution in [0.2, 0.25) is 0 Å². The highest BCUT2D eigenvalue weighted by molar-refractivity contribution is 6.00. The first-order valence-electron chi connectivity index (χ1n) is 9.94. The molecule has 0 aliphatic rings. The topological polar surface area (TPSA) is 126 Å². The summed E-state index contributed by atoms with van der Waals surface area (Å²) in [6.07, 6.45) is -0.384. The second-order valence-corrected chi connectivity index (χ2v) is 6.94. The molecule has 0 unspecified atom stereocenters. The lowest BCUT2D eigenvalue weighted by atomic mass is 10.0. The number of rotatable bonds is 8. The summed E-state index contributed by atoms with van der Waals surface area (Å²) in [5, 5.41) is 23.4. The van der Waals surface area contributed by atoms with Crippen LogP contribution < -0.4 is 15.5 Å². The maximum atomic E-state index is 12.8. The van der Waals surface area contributed by atoms with Gasteiger partial charge in [0, 0.05) is 18.6 Å². The molecule has 9 heteroatoms. The monoisotopic (exact) mass is 452 g/mol. The minimum absolute atomic E-state index is 0.162. The van der Waals surface area contributed by atoms with Crippen LogP contribution in [0, 0.1) is 0 Å². The number of benzene rings is 3. The summed E-state index contributed by atoms with van der Waals surface area (Å²) in [7, 11) is 2.78. The Bertz CT molecular complexity index is 1160. The first-order valence-corrected chi connectivity index (χ1v) is 9.94. The lowest BCUT2D eigenvalue weighted by molar-refractivity contribution is -0.124. The van der Waals surface area contributed by atoms with Gasteiger partial charge >= 0.3 is 6.09 Å². The van der Waals surface area contributed by atoms with Crippen molar-refractivity contribution < 1.29 is 34.1 Å². The number of methoxy groups -OCH3 is 2. The van der Waals surface area contributed by atoms with Crippen LogP contribution in [-0.4, -0.2) is 42.6 Å². The Morgan fingerprint density at radius 3 is 2.48 bits per heavy atom. The van der Waals surface area contributed by atoms with Crippen LogP contribution in [0.15, 0.2) is 72.8 Å². The zero-order valence-electron chi connectivity index (χ0n) is 18.0. The number of fused-ring (bicyclic) bond motifs is 1. The number of hydrogen-bond donors (Lipinski definition) is 4. The number of amides is 2. The summed E-state index contributed by atoms with van der Waals surface area (Å²) < 4.78 is 16.1. The summed E-state index contributed by atoms with van der Waals surface area (Å²) >= 11 is 0. The molecule has 172 valence electrons. The van der Waals surface area contributed by atoms with Gasteiger partial charge < -0.3 is 19.3 Å². The number of carbonyl (C=O) groups is 2. The highest BCUT2D eigenvalue weighted by Crippen LogP contribution is 2.33. The number of anilines is 1. The molecule has 2 atom stereocenters. The van der Waals surface area contributed by atoms with E-state index < -0.39 is 24.2 Å². The van der Waals surface area contributed by atoms with Gasteiger partial charge in [-0.2, -0.15) is 0 Å². The lowest BCUT2D eigenvalue weighted by Gasteiger charge is -2.25.